The minimum Gasteiger partial charge on any atom is -0.373 e. The van der Waals surface area contributed by atoms with E-state index in [1.807, 2.05) is 12.1 Å². The van der Waals surface area contributed by atoms with Crippen LogP contribution in [0.4, 0.5) is 4.39 Å². The Morgan fingerprint density at radius 1 is 1.20 bits per heavy atom. The van der Waals surface area contributed by atoms with E-state index in [1.165, 1.54) is 5.56 Å². The first-order valence-electron chi connectivity index (χ1n) is 8.97. The molecule has 1 aliphatic heterocycles. The van der Waals surface area contributed by atoms with Gasteiger partial charge in [0.05, 0.1) is 12.1 Å². The van der Waals surface area contributed by atoms with Gasteiger partial charge in [0.15, 0.2) is 5.96 Å². The molecule has 0 radical (unpaired) electrons. The highest BCUT2D eigenvalue weighted by Crippen LogP contribution is 2.47. The SMILES string of the molecule is CCNC(=NCC1(C)CCCO1)NCC1(c2ccc(F)cc2)CC1.I. The number of benzene rings is 1. The maximum absolute atomic E-state index is 13.1. The maximum Gasteiger partial charge on any atom is 0.191 e. The van der Waals surface area contributed by atoms with Gasteiger partial charge in [-0.05, 0) is 57.2 Å². The standard InChI is InChI=1S/C19H28FN3O.HI/c1-3-21-17(22-13-18(2)9-4-12-24-18)23-14-19(10-11-19)15-5-7-16(20)8-6-15;/h5-8H,3-4,9-14H2,1-2H3,(H2,21,22,23);1H. The molecule has 1 aliphatic carbocycles. The van der Waals surface area contributed by atoms with E-state index in [0.29, 0.717) is 6.54 Å². The van der Waals surface area contributed by atoms with Crippen LogP contribution in [0.15, 0.2) is 29.3 Å². The number of hydrogen-bond acceptors (Lipinski definition) is 2. The average Bonchev–Trinajstić information content (AvgIpc) is 3.25. The molecule has 2 N–H and O–H groups in total. The summed E-state index contributed by atoms with van der Waals surface area (Å²) >= 11 is 0. The number of hydrogen-bond donors (Lipinski definition) is 2. The maximum atomic E-state index is 13.1. The molecule has 4 nitrogen and oxygen atoms in total. The molecule has 1 atom stereocenters. The lowest BCUT2D eigenvalue weighted by molar-refractivity contribution is 0.0283. The second kappa shape index (κ2) is 8.66. The highest BCUT2D eigenvalue weighted by atomic mass is 127. The van der Waals surface area contributed by atoms with Crippen molar-refractivity contribution in [1.82, 2.24) is 10.6 Å². The van der Waals surface area contributed by atoms with Gasteiger partial charge in [-0.3, -0.25) is 4.99 Å². The van der Waals surface area contributed by atoms with Crippen LogP contribution in [0.5, 0.6) is 0 Å². The molecule has 1 unspecified atom stereocenters. The summed E-state index contributed by atoms with van der Waals surface area (Å²) in [5.74, 6) is 0.657. The van der Waals surface area contributed by atoms with E-state index >= 15 is 0 Å². The lowest BCUT2D eigenvalue weighted by Gasteiger charge is -2.23. The zero-order valence-electron chi connectivity index (χ0n) is 15.1. The van der Waals surface area contributed by atoms with Gasteiger partial charge in [-0.25, -0.2) is 4.39 Å². The van der Waals surface area contributed by atoms with Crippen LogP contribution in [0, 0.1) is 5.82 Å². The third-order valence-corrected chi connectivity index (χ3v) is 5.12. The molecule has 0 aromatic heterocycles. The zero-order valence-corrected chi connectivity index (χ0v) is 17.4. The molecule has 0 bridgehead atoms. The second-order valence-corrected chi connectivity index (χ2v) is 7.24. The molecule has 0 amide bonds. The van der Waals surface area contributed by atoms with Crippen molar-refractivity contribution in [2.24, 2.45) is 4.99 Å². The first kappa shape index (κ1) is 20.4. The molecule has 1 aromatic rings. The minimum atomic E-state index is -0.179. The predicted molar refractivity (Wildman–Crippen MR) is 110 cm³/mol. The average molecular weight is 461 g/mol. The lowest BCUT2D eigenvalue weighted by Crippen LogP contribution is -2.42. The van der Waals surface area contributed by atoms with Gasteiger partial charge in [-0.2, -0.15) is 0 Å². The van der Waals surface area contributed by atoms with E-state index in [0.717, 1.165) is 51.3 Å². The number of aliphatic imine (C=N–C) groups is 1. The van der Waals surface area contributed by atoms with E-state index < -0.39 is 0 Å². The number of nitrogens with one attached hydrogen (secondary N) is 2. The zero-order chi connectivity index (χ0) is 17.0. The van der Waals surface area contributed by atoms with E-state index in [1.54, 1.807) is 12.1 Å². The summed E-state index contributed by atoms with van der Waals surface area (Å²) < 4.78 is 18.9. The quantitative estimate of drug-likeness (QED) is 0.387. The molecule has 140 valence electrons. The van der Waals surface area contributed by atoms with Crippen molar-refractivity contribution in [1.29, 1.82) is 0 Å². The fourth-order valence-electron chi connectivity index (χ4n) is 3.32. The number of guanidine groups is 1. The summed E-state index contributed by atoms with van der Waals surface area (Å²) in [5.41, 5.74) is 1.20. The largest absolute Gasteiger partial charge is 0.373 e. The Hall–Kier alpha value is -0.890. The van der Waals surface area contributed by atoms with Gasteiger partial charge >= 0.3 is 0 Å². The fourth-order valence-corrected chi connectivity index (χ4v) is 3.32. The van der Waals surface area contributed by atoms with Gasteiger partial charge in [-0.1, -0.05) is 12.1 Å². The number of halogens is 2. The molecular weight excluding hydrogens is 432 g/mol. The molecule has 1 heterocycles. The summed E-state index contributed by atoms with van der Waals surface area (Å²) in [6.45, 7) is 7.36. The molecule has 1 aromatic carbocycles. The lowest BCUT2D eigenvalue weighted by atomic mass is 9.96. The van der Waals surface area contributed by atoms with E-state index in [9.17, 15) is 4.39 Å². The van der Waals surface area contributed by atoms with Crippen molar-refractivity contribution >= 4 is 29.9 Å². The van der Waals surface area contributed by atoms with Crippen molar-refractivity contribution in [2.75, 3.05) is 26.2 Å². The Labute approximate surface area is 167 Å². The van der Waals surface area contributed by atoms with Crippen LogP contribution >= 0.6 is 24.0 Å². The molecule has 1 saturated carbocycles. The summed E-state index contributed by atoms with van der Waals surface area (Å²) in [5, 5.41) is 6.78. The smallest absolute Gasteiger partial charge is 0.191 e. The Morgan fingerprint density at radius 2 is 1.92 bits per heavy atom. The molecule has 2 aliphatic rings. The third kappa shape index (κ3) is 5.29. The minimum absolute atomic E-state index is 0. The van der Waals surface area contributed by atoms with Crippen LogP contribution in [0.2, 0.25) is 0 Å². The van der Waals surface area contributed by atoms with Gasteiger partial charge in [0, 0.05) is 25.1 Å². The Bertz CT molecular complexity index is 581. The molecule has 6 heteroatoms. The highest BCUT2D eigenvalue weighted by molar-refractivity contribution is 14.0. The normalized spacial score (nSPS) is 24.5. The number of nitrogens with zero attached hydrogens (tertiary/aromatic N) is 1. The molecule has 2 fully saturated rings. The van der Waals surface area contributed by atoms with Gasteiger partial charge in [0.25, 0.3) is 0 Å². The second-order valence-electron chi connectivity index (χ2n) is 7.24. The fraction of sp³-hybridized carbons (Fsp3) is 0.632. The van der Waals surface area contributed by atoms with Gasteiger partial charge in [0.2, 0.25) is 0 Å². The van der Waals surface area contributed by atoms with Crippen molar-refractivity contribution in [2.45, 2.75) is 50.5 Å². The number of ether oxygens (including phenoxy) is 1. The molecule has 3 rings (SSSR count). The first-order valence-corrected chi connectivity index (χ1v) is 8.97. The summed E-state index contributed by atoms with van der Waals surface area (Å²) in [7, 11) is 0. The number of rotatable bonds is 6. The Kier molecular flexibility index (Phi) is 7.08. The summed E-state index contributed by atoms with van der Waals surface area (Å²) in [6.07, 6.45) is 4.44. The third-order valence-electron chi connectivity index (χ3n) is 5.12. The van der Waals surface area contributed by atoms with Crippen molar-refractivity contribution in [3.8, 4) is 0 Å². The van der Waals surface area contributed by atoms with E-state index in [4.69, 9.17) is 9.73 Å². The van der Waals surface area contributed by atoms with Crippen LogP contribution < -0.4 is 10.6 Å². The molecule has 0 spiro atoms. The van der Waals surface area contributed by atoms with Crippen LogP contribution in [-0.4, -0.2) is 37.8 Å². The Balaban J connectivity index is 0.00000225. The van der Waals surface area contributed by atoms with Gasteiger partial charge in [-0.15, -0.1) is 24.0 Å². The van der Waals surface area contributed by atoms with Gasteiger partial charge in [0.1, 0.15) is 5.82 Å². The highest BCUT2D eigenvalue weighted by Gasteiger charge is 2.44. The Morgan fingerprint density at radius 3 is 2.48 bits per heavy atom. The monoisotopic (exact) mass is 461 g/mol. The molecule has 25 heavy (non-hydrogen) atoms. The summed E-state index contributed by atoms with van der Waals surface area (Å²) in [6, 6.07) is 6.91. The van der Waals surface area contributed by atoms with Crippen molar-refractivity contribution in [3.63, 3.8) is 0 Å². The van der Waals surface area contributed by atoms with Gasteiger partial charge < -0.3 is 15.4 Å². The topological polar surface area (TPSA) is 45.7 Å². The van der Waals surface area contributed by atoms with E-state index in [2.05, 4.69) is 24.5 Å². The first-order chi connectivity index (χ1) is 11.6. The summed E-state index contributed by atoms with van der Waals surface area (Å²) in [4.78, 5) is 4.72. The van der Waals surface area contributed by atoms with Crippen LogP contribution in [-0.2, 0) is 10.2 Å². The molecular formula is C19H29FIN3O. The molecule has 1 saturated heterocycles. The van der Waals surface area contributed by atoms with Crippen LogP contribution in [0.1, 0.15) is 45.1 Å². The predicted octanol–water partition coefficient (Wildman–Crippen LogP) is 3.60. The van der Waals surface area contributed by atoms with Crippen LogP contribution in [0.25, 0.3) is 0 Å². The van der Waals surface area contributed by atoms with E-state index in [-0.39, 0.29) is 40.8 Å². The van der Waals surface area contributed by atoms with Crippen molar-refractivity contribution < 1.29 is 9.13 Å². The van der Waals surface area contributed by atoms with Crippen molar-refractivity contribution in [3.05, 3.63) is 35.6 Å². The van der Waals surface area contributed by atoms with Crippen LogP contribution in [0.3, 0.4) is 0 Å².